The van der Waals surface area contributed by atoms with E-state index in [2.05, 4.69) is 5.32 Å². The van der Waals surface area contributed by atoms with E-state index in [-0.39, 0.29) is 11.9 Å². The molecule has 4 fully saturated rings. The summed E-state index contributed by atoms with van der Waals surface area (Å²) in [6.07, 6.45) is 6.42. The lowest BCUT2D eigenvalue weighted by Gasteiger charge is -2.18. The van der Waals surface area contributed by atoms with E-state index in [1.165, 1.54) is 19.3 Å². The second kappa shape index (κ2) is 3.69. The Morgan fingerprint density at radius 2 is 1.78 bits per heavy atom. The lowest BCUT2D eigenvalue weighted by molar-refractivity contribution is -0.123. The van der Waals surface area contributed by atoms with Gasteiger partial charge in [-0.3, -0.25) is 4.79 Å². The molecule has 0 saturated heterocycles. The summed E-state index contributed by atoms with van der Waals surface area (Å²) in [6, 6.07) is -0.0357. The standard InChI is InChI=1S/C14H20N2OS/c15-13(18)12(6-1-2-6)16-14(17)11-9-7-3-4-8(5-7)10(9)11/h6-12H,1-5H2,(H2,15,18)(H,16,17). The van der Waals surface area contributed by atoms with Crippen molar-refractivity contribution in [2.45, 2.75) is 38.1 Å². The second-order valence-corrected chi connectivity index (χ2v) is 7.21. The molecule has 1 amide bonds. The molecule has 0 spiro atoms. The third-order valence-corrected chi connectivity index (χ3v) is 5.99. The van der Waals surface area contributed by atoms with Gasteiger partial charge < -0.3 is 11.1 Å². The first-order chi connectivity index (χ1) is 8.66. The number of nitrogens with two attached hydrogens (primary N) is 1. The van der Waals surface area contributed by atoms with Crippen molar-refractivity contribution in [1.29, 1.82) is 0 Å². The molecule has 0 aromatic heterocycles. The van der Waals surface area contributed by atoms with Crippen molar-refractivity contribution in [2.75, 3.05) is 0 Å². The van der Waals surface area contributed by atoms with Gasteiger partial charge in [-0.05, 0) is 61.7 Å². The zero-order valence-electron chi connectivity index (χ0n) is 10.5. The summed E-state index contributed by atoms with van der Waals surface area (Å²) in [5, 5.41) is 3.13. The van der Waals surface area contributed by atoms with Gasteiger partial charge in [0.25, 0.3) is 0 Å². The minimum absolute atomic E-state index is 0.0357. The second-order valence-electron chi connectivity index (χ2n) is 6.74. The van der Waals surface area contributed by atoms with Crippen molar-refractivity contribution in [3.8, 4) is 0 Å². The lowest BCUT2D eigenvalue weighted by atomic mass is 10.0. The molecule has 98 valence electrons. The Morgan fingerprint density at radius 1 is 1.17 bits per heavy atom. The van der Waals surface area contributed by atoms with E-state index in [0.717, 1.165) is 24.7 Å². The molecule has 0 aromatic carbocycles. The first-order valence-corrected chi connectivity index (χ1v) is 7.67. The number of rotatable bonds is 4. The van der Waals surface area contributed by atoms with Crippen LogP contribution in [0.1, 0.15) is 32.1 Å². The number of carbonyl (C=O) groups is 1. The monoisotopic (exact) mass is 264 g/mol. The first kappa shape index (κ1) is 11.2. The molecule has 4 rings (SSSR count). The third-order valence-electron chi connectivity index (χ3n) is 5.74. The average Bonchev–Trinajstić information content (AvgIpc) is 3.24. The summed E-state index contributed by atoms with van der Waals surface area (Å²) in [5.74, 6) is 4.16. The van der Waals surface area contributed by atoms with Gasteiger partial charge in [0.15, 0.2) is 0 Å². The van der Waals surface area contributed by atoms with E-state index in [1.807, 2.05) is 0 Å². The maximum absolute atomic E-state index is 12.4. The molecule has 5 unspecified atom stereocenters. The van der Waals surface area contributed by atoms with Crippen LogP contribution in [0.25, 0.3) is 0 Å². The molecule has 4 aliphatic rings. The van der Waals surface area contributed by atoms with Gasteiger partial charge in [-0.25, -0.2) is 0 Å². The van der Waals surface area contributed by atoms with Gasteiger partial charge in [0, 0.05) is 5.92 Å². The van der Waals surface area contributed by atoms with Crippen molar-refractivity contribution in [3.05, 3.63) is 0 Å². The quantitative estimate of drug-likeness (QED) is 0.756. The fraction of sp³-hybridized carbons (Fsp3) is 0.857. The van der Waals surface area contributed by atoms with Gasteiger partial charge in [0.2, 0.25) is 5.91 Å². The molecule has 4 heteroatoms. The Balaban J connectivity index is 1.41. The number of amides is 1. The zero-order chi connectivity index (χ0) is 12.4. The number of carbonyl (C=O) groups excluding carboxylic acids is 1. The molecule has 0 radical (unpaired) electrons. The van der Waals surface area contributed by atoms with Crippen LogP contribution in [0.5, 0.6) is 0 Å². The van der Waals surface area contributed by atoms with E-state index < -0.39 is 0 Å². The minimum atomic E-state index is -0.0357. The molecule has 3 nitrogen and oxygen atoms in total. The molecule has 4 aliphatic carbocycles. The van der Waals surface area contributed by atoms with E-state index in [9.17, 15) is 4.79 Å². The largest absolute Gasteiger partial charge is 0.392 e. The molecule has 18 heavy (non-hydrogen) atoms. The summed E-state index contributed by atoms with van der Waals surface area (Å²) in [4.78, 5) is 12.8. The van der Waals surface area contributed by atoms with Gasteiger partial charge in [-0.1, -0.05) is 12.2 Å². The zero-order valence-corrected chi connectivity index (χ0v) is 11.3. The molecule has 2 bridgehead atoms. The number of fused-ring (bicyclic) bond motifs is 5. The van der Waals surface area contributed by atoms with E-state index in [0.29, 0.717) is 28.7 Å². The Hall–Kier alpha value is -0.640. The number of hydrogen-bond acceptors (Lipinski definition) is 2. The normalized spacial score (nSPS) is 45.4. The molecule has 4 saturated carbocycles. The highest BCUT2D eigenvalue weighted by atomic mass is 32.1. The summed E-state index contributed by atoms with van der Waals surface area (Å²) < 4.78 is 0. The Labute approximate surface area is 113 Å². The SMILES string of the molecule is NC(=S)C(NC(=O)C1C2C3CCC(C3)C12)C1CC1. The molecule has 0 aliphatic heterocycles. The highest BCUT2D eigenvalue weighted by molar-refractivity contribution is 7.80. The predicted octanol–water partition coefficient (Wildman–Crippen LogP) is 1.46. The maximum Gasteiger partial charge on any atom is 0.224 e. The Morgan fingerprint density at radius 3 is 2.28 bits per heavy atom. The molecule has 5 atom stereocenters. The fourth-order valence-corrected chi connectivity index (χ4v) is 5.03. The van der Waals surface area contributed by atoms with E-state index in [4.69, 9.17) is 18.0 Å². The van der Waals surface area contributed by atoms with Crippen LogP contribution in [0.3, 0.4) is 0 Å². The lowest BCUT2D eigenvalue weighted by Crippen LogP contribution is -2.46. The van der Waals surface area contributed by atoms with Crippen LogP contribution in [0.15, 0.2) is 0 Å². The van der Waals surface area contributed by atoms with Crippen molar-refractivity contribution in [1.82, 2.24) is 5.32 Å². The van der Waals surface area contributed by atoms with Crippen molar-refractivity contribution in [3.63, 3.8) is 0 Å². The van der Waals surface area contributed by atoms with Gasteiger partial charge in [-0.2, -0.15) is 0 Å². The van der Waals surface area contributed by atoms with Crippen LogP contribution in [0, 0.1) is 35.5 Å². The van der Waals surface area contributed by atoms with Crippen LogP contribution in [-0.4, -0.2) is 16.9 Å². The fourth-order valence-electron chi connectivity index (χ4n) is 4.78. The van der Waals surface area contributed by atoms with Gasteiger partial charge in [0.05, 0.1) is 11.0 Å². The highest BCUT2D eigenvalue weighted by Gasteiger charge is 2.67. The Bertz CT molecular complexity index is 404. The summed E-state index contributed by atoms with van der Waals surface area (Å²) in [7, 11) is 0. The van der Waals surface area contributed by atoms with E-state index >= 15 is 0 Å². The Kier molecular flexibility index (Phi) is 2.30. The van der Waals surface area contributed by atoms with Crippen molar-refractivity contribution in [2.24, 2.45) is 41.2 Å². The number of thiocarbonyl (C=S) groups is 1. The highest BCUT2D eigenvalue weighted by Crippen LogP contribution is 2.69. The maximum atomic E-state index is 12.4. The molecule has 0 aromatic rings. The molecule has 3 N–H and O–H groups in total. The molecule has 0 heterocycles. The molecular weight excluding hydrogens is 244 g/mol. The number of hydrogen-bond donors (Lipinski definition) is 2. The van der Waals surface area contributed by atoms with Crippen LogP contribution < -0.4 is 11.1 Å². The van der Waals surface area contributed by atoms with Crippen LogP contribution in [0.2, 0.25) is 0 Å². The van der Waals surface area contributed by atoms with Crippen LogP contribution in [0.4, 0.5) is 0 Å². The first-order valence-electron chi connectivity index (χ1n) is 7.26. The number of nitrogens with one attached hydrogen (secondary N) is 1. The average molecular weight is 264 g/mol. The van der Waals surface area contributed by atoms with Crippen LogP contribution >= 0.6 is 12.2 Å². The van der Waals surface area contributed by atoms with Gasteiger partial charge in [-0.15, -0.1) is 0 Å². The van der Waals surface area contributed by atoms with Gasteiger partial charge >= 0.3 is 0 Å². The van der Waals surface area contributed by atoms with E-state index in [1.54, 1.807) is 0 Å². The summed E-state index contributed by atoms with van der Waals surface area (Å²) in [5.41, 5.74) is 5.75. The summed E-state index contributed by atoms with van der Waals surface area (Å²) >= 11 is 5.08. The van der Waals surface area contributed by atoms with Crippen LogP contribution in [-0.2, 0) is 4.79 Å². The van der Waals surface area contributed by atoms with Crippen molar-refractivity contribution >= 4 is 23.1 Å². The van der Waals surface area contributed by atoms with Crippen molar-refractivity contribution < 1.29 is 4.79 Å². The molecular formula is C14H20N2OS. The smallest absolute Gasteiger partial charge is 0.224 e. The minimum Gasteiger partial charge on any atom is -0.392 e. The summed E-state index contributed by atoms with van der Waals surface area (Å²) in [6.45, 7) is 0. The third kappa shape index (κ3) is 1.54. The predicted molar refractivity (Wildman–Crippen MR) is 72.7 cm³/mol. The van der Waals surface area contributed by atoms with Gasteiger partial charge in [0.1, 0.15) is 0 Å². The topological polar surface area (TPSA) is 55.1 Å².